The molecule has 27 heavy (non-hydrogen) atoms. The summed E-state index contributed by atoms with van der Waals surface area (Å²) in [6.07, 6.45) is 10.8. The summed E-state index contributed by atoms with van der Waals surface area (Å²) in [6.45, 7) is 2.01. The van der Waals surface area contributed by atoms with Gasteiger partial charge in [-0.1, -0.05) is 31.4 Å². The smallest absolute Gasteiger partial charge is 0.271 e. The summed E-state index contributed by atoms with van der Waals surface area (Å²) in [7, 11) is 0. The van der Waals surface area contributed by atoms with E-state index in [1.807, 2.05) is 48.4 Å². The van der Waals surface area contributed by atoms with Crippen LogP contribution in [0.25, 0.3) is 10.7 Å². The number of aryl methyl sites for hydroxylation is 1. The fourth-order valence-corrected chi connectivity index (χ4v) is 4.33. The van der Waals surface area contributed by atoms with E-state index in [0.717, 1.165) is 47.8 Å². The van der Waals surface area contributed by atoms with Crippen molar-refractivity contribution in [3.8, 4) is 10.7 Å². The molecular formula is C21H22N4OS. The molecular weight excluding hydrogens is 356 g/mol. The average Bonchev–Trinajstić information content (AvgIpc) is 3.21. The third-order valence-electron chi connectivity index (χ3n) is 4.90. The van der Waals surface area contributed by atoms with Crippen molar-refractivity contribution in [3.63, 3.8) is 0 Å². The van der Waals surface area contributed by atoms with E-state index in [1.54, 1.807) is 12.4 Å². The van der Waals surface area contributed by atoms with E-state index in [-0.39, 0.29) is 11.9 Å². The molecule has 1 aliphatic rings. The fraction of sp³-hybridized carbons (Fsp3) is 0.333. The number of hydrogen-bond donors (Lipinski definition) is 0. The summed E-state index contributed by atoms with van der Waals surface area (Å²) in [5, 5.41) is 0.763. The van der Waals surface area contributed by atoms with Crippen LogP contribution >= 0.6 is 11.3 Å². The molecule has 0 radical (unpaired) electrons. The van der Waals surface area contributed by atoms with Crippen LogP contribution in [0, 0.1) is 6.92 Å². The van der Waals surface area contributed by atoms with Crippen LogP contribution in [0.4, 0.5) is 5.82 Å². The van der Waals surface area contributed by atoms with Crippen molar-refractivity contribution in [2.45, 2.75) is 45.1 Å². The van der Waals surface area contributed by atoms with Gasteiger partial charge < -0.3 is 0 Å². The Labute approximate surface area is 163 Å². The van der Waals surface area contributed by atoms with E-state index in [4.69, 9.17) is 0 Å². The van der Waals surface area contributed by atoms with Crippen molar-refractivity contribution in [1.82, 2.24) is 15.0 Å². The van der Waals surface area contributed by atoms with Gasteiger partial charge in [-0.3, -0.25) is 14.7 Å². The highest BCUT2D eigenvalue weighted by atomic mass is 32.1. The first kappa shape index (κ1) is 17.8. The molecule has 0 spiro atoms. The van der Waals surface area contributed by atoms with E-state index in [2.05, 4.69) is 15.0 Å². The highest BCUT2D eigenvalue weighted by Gasteiger charge is 2.30. The minimum atomic E-state index is -0.0158. The summed E-state index contributed by atoms with van der Waals surface area (Å²) in [5.74, 6) is 0.711. The molecule has 0 bridgehead atoms. The van der Waals surface area contributed by atoms with Crippen molar-refractivity contribution < 1.29 is 4.79 Å². The second-order valence-electron chi connectivity index (χ2n) is 6.91. The highest BCUT2D eigenvalue weighted by molar-refractivity contribution is 7.17. The molecule has 1 amide bonds. The average molecular weight is 379 g/mol. The van der Waals surface area contributed by atoms with Crippen molar-refractivity contribution in [3.05, 3.63) is 59.4 Å². The van der Waals surface area contributed by atoms with Gasteiger partial charge in [0.2, 0.25) is 0 Å². The van der Waals surface area contributed by atoms with Gasteiger partial charge in [-0.2, -0.15) is 0 Å². The first-order chi connectivity index (χ1) is 13.2. The van der Waals surface area contributed by atoms with Crippen LogP contribution in [0.2, 0.25) is 0 Å². The lowest BCUT2D eigenvalue weighted by atomic mass is 9.94. The molecule has 1 saturated carbocycles. The van der Waals surface area contributed by atoms with E-state index >= 15 is 0 Å². The van der Waals surface area contributed by atoms with Crippen LogP contribution in [0.3, 0.4) is 0 Å². The number of amides is 1. The molecule has 1 aliphatic carbocycles. The minimum absolute atomic E-state index is 0.0158. The van der Waals surface area contributed by atoms with Crippen molar-refractivity contribution >= 4 is 23.1 Å². The third-order valence-corrected chi connectivity index (χ3v) is 5.91. The Balaban J connectivity index is 1.66. The van der Waals surface area contributed by atoms with Gasteiger partial charge >= 0.3 is 0 Å². The fourth-order valence-electron chi connectivity index (χ4n) is 3.50. The number of rotatable bonds is 4. The number of pyridine rings is 2. The lowest BCUT2D eigenvalue weighted by Gasteiger charge is -2.33. The molecule has 138 valence electrons. The van der Waals surface area contributed by atoms with E-state index in [9.17, 15) is 4.79 Å². The highest BCUT2D eigenvalue weighted by Crippen LogP contribution is 2.30. The number of thiazole rings is 1. The van der Waals surface area contributed by atoms with Crippen LogP contribution < -0.4 is 4.90 Å². The monoisotopic (exact) mass is 378 g/mol. The van der Waals surface area contributed by atoms with Gasteiger partial charge in [-0.15, -0.1) is 11.3 Å². The zero-order valence-electron chi connectivity index (χ0n) is 15.3. The molecule has 3 aromatic heterocycles. The topological polar surface area (TPSA) is 59.0 Å². The number of aromatic nitrogens is 3. The molecule has 3 heterocycles. The van der Waals surface area contributed by atoms with Crippen LogP contribution in [-0.4, -0.2) is 26.9 Å². The van der Waals surface area contributed by atoms with Gasteiger partial charge in [-0.05, 0) is 43.5 Å². The Hall–Kier alpha value is -2.60. The van der Waals surface area contributed by atoms with E-state index in [1.165, 1.54) is 17.8 Å². The molecule has 0 atom stereocenters. The maximum atomic E-state index is 13.4. The lowest BCUT2D eigenvalue weighted by Crippen LogP contribution is -2.42. The molecule has 3 aromatic rings. The van der Waals surface area contributed by atoms with Gasteiger partial charge in [0.15, 0.2) is 0 Å². The number of anilines is 1. The van der Waals surface area contributed by atoms with Crippen molar-refractivity contribution in [2.24, 2.45) is 0 Å². The summed E-state index contributed by atoms with van der Waals surface area (Å²) in [6, 6.07) is 9.86. The van der Waals surface area contributed by atoms with Crippen molar-refractivity contribution in [1.29, 1.82) is 0 Å². The minimum Gasteiger partial charge on any atom is -0.289 e. The van der Waals surface area contributed by atoms with Crippen LogP contribution in [0.1, 0.15) is 47.3 Å². The second-order valence-corrected chi connectivity index (χ2v) is 7.94. The molecule has 4 rings (SSSR count). The van der Waals surface area contributed by atoms with Gasteiger partial charge in [0, 0.05) is 18.4 Å². The predicted octanol–water partition coefficient (Wildman–Crippen LogP) is 4.89. The summed E-state index contributed by atoms with van der Waals surface area (Å²) in [4.78, 5) is 29.2. The Bertz CT molecular complexity index is 901. The Morgan fingerprint density at radius 3 is 2.59 bits per heavy atom. The van der Waals surface area contributed by atoms with E-state index < -0.39 is 0 Å². The summed E-state index contributed by atoms with van der Waals surface area (Å²) < 4.78 is 0. The Kier molecular flexibility index (Phi) is 5.25. The van der Waals surface area contributed by atoms with Gasteiger partial charge in [0.05, 0.1) is 11.9 Å². The Morgan fingerprint density at radius 2 is 1.89 bits per heavy atom. The first-order valence-corrected chi connectivity index (χ1v) is 10.2. The quantitative estimate of drug-likeness (QED) is 0.649. The normalized spacial score (nSPS) is 14.9. The Morgan fingerprint density at radius 1 is 1.04 bits per heavy atom. The lowest BCUT2D eigenvalue weighted by molar-refractivity contribution is 0.0973. The molecule has 0 aromatic carbocycles. The zero-order chi connectivity index (χ0) is 18.6. The maximum absolute atomic E-state index is 13.4. The standard InChI is InChI=1S/C21H22N4OS/c1-15-10-11-19(23-13-15)25(16-7-3-2-4-8-16)21(26)18-14-24-20(27-18)17-9-5-6-12-22-17/h5-6,9-14,16H,2-4,7-8H2,1H3. The first-order valence-electron chi connectivity index (χ1n) is 9.36. The number of nitrogens with zero attached hydrogens (tertiary/aromatic N) is 4. The largest absolute Gasteiger partial charge is 0.289 e. The van der Waals surface area contributed by atoms with Gasteiger partial charge in [-0.25, -0.2) is 9.97 Å². The molecule has 0 unspecified atom stereocenters. The predicted molar refractivity (Wildman–Crippen MR) is 108 cm³/mol. The number of carbonyl (C=O) groups is 1. The molecule has 5 nitrogen and oxygen atoms in total. The second kappa shape index (κ2) is 7.96. The SMILES string of the molecule is Cc1ccc(N(C(=O)c2cnc(-c3ccccn3)s2)C2CCCCC2)nc1. The summed E-state index contributed by atoms with van der Waals surface area (Å²) >= 11 is 1.39. The third kappa shape index (κ3) is 3.90. The van der Waals surface area contributed by atoms with Crippen LogP contribution in [0.15, 0.2) is 48.9 Å². The van der Waals surface area contributed by atoms with Gasteiger partial charge in [0.25, 0.3) is 5.91 Å². The van der Waals surface area contributed by atoms with Crippen LogP contribution in [-0.2, 0) is 0 Å². The summed E-state index contributed by atoms with van der Waals surface area (Å²) in [5.41, 5.74) is 1.88. The molecule has 1 fully saturated rings. The molecule has 0 saturated heterocycles. The van der Waals surface area contributed by atoms with E-state index in [0.29, 0.717) is 4.88 Å². The zero-order valence-corrected chi connectivity index (χ0v) is 16.2. The van der Waals surface area contributed by atoms with Crippen LogP contribution in [0.5, 0.6) is 0 Å². The number of hydrogen-bond acceptors (Lipinski definition) is 5. The maximum Gasteiger partial charge on any atom is 0.271 e. The molecule has 0 aliphatic heterocycles. The van der Waals surface area contributed by atoms with Gasteiger partial charge in [0.1, 0.15) is 15.7 Å². The molecule has 0 N–H and O–H groups in total. The number of carbonyl (C=O) groups excluding carboxylic acids is 1. The molecule has 6 heteroatoms. The van der Waals surface area contributed by atoms with Crippen molar-refractivity contribution in [2.75, 3.05) is 4.90 Å².